The number of hydrogen-bond donors (Lipinski definition) is 2. The molecule has 1 aromatic heterocycles. The van der Waals surface area contributed by atoms with Crippen LogP contribution >= 0.6 is 12.2 Å². The molecule has 1 heterocycles. The fraction of sp³-hybridized carbons (Fsp3) is 0.375. The van der Waals surface area contributed by atoms with Gasteiger partial charge in [-0.3, -0.25) is 9.78 Å². The quantitative estimate of drug-likeness (QED) is 0.827. The molecule has 0 bridgehead atoms. The average molecular weight is 288 g/mol. The number of aromatic amines is 2. The fourth-order valence-electron chi connectivity index (χ4n) is 2.31. The first kappa shape index (κ1) is 14.7. The normalized spacial score (nSPS) is 10.7. The Morgan fingerprint density at radius 3 is 2.30 bits per heavy atom. The summed E-state index contributed by atoms with van der Waals surface area (Å²) in [4.78, 5) is 17.9. The van der Waals surface area contributed by atoms with Gasteiger partial charge in [-0.25, -0.2) is 0 Å². The molecule has 3 nitrogen and oxygen atoms in total. The summed E-state index contributed by atoms with van der Waals surface area (Å²) >= 11 is 5.05. The first-order chi connectivity index (χ1) is 9.63. The topological polar surface area (TPSA) is 48.6 Å². The Balaban J connectivity index is 2.36. The van der Waals surface area contributed by atoms with Crippen molar-refractivity contribution in [3.8, 4) is 0 Å². The highest BCUT2D eigenvalue weighted by atomic mass is 32.1. The van der Waals surface area contributed by atoms with Gasteiger partial charge in [-0.2, -0.15) is 0 Å². The highest BCUT2D eigenvalue weighted by molar-refractivity contribution is 7.71. The lowest BCUT2D eigenvalue weighted by Crippen LogP contribution is -2.18. The Hall–Kier alpha value is -1.68. The summed E-state index contributed by atoms with van der Waals surface area (Å²) < 4.78 is 0.406. The van der Waals surface area contributed by atoms with Crippen molar-refractivity contribution in [3.05, 3.63) is 61.8 Å². The maximum atomic E-state index is 12.1. The van der Waals surface area contributed by atoms with Crippen molar-refractivity contribution in [1.82, 2.24) is 9.97 Å². The zero-order valence-electron chi connectivity index (χ0n) is 12.0. The summed E-state index contributed by atoms with van der Waals surface area (Å²) in [6.07, 6.45) is 3.49. The predicted molar refractivity (Wildman–Crippen MR) is 84.9 cm³/mol. The maximum absolute atomic E-state index is 12.1. The molecule has 1 aromatic carbocycles. The van der Waals surface area contributed by atoms with Crippen LogP contribution in [-0.2, 0) is 19.3 Å². The summed E-state index contributed by atoms with van der Waals surface area (Å²) in [6, 6.07) is 8.42. The van der Waals surface area contributed by atoms with Gasteiger partial charge in [-0.05, 0) is 36.2 Å². The van der Waals surface area contributed by atoms with Crippen molar-refractivity contribution >= 4 is 12.2 Å². The molecule has 0 aliphatic rings. The van der Waals surface area contributed by atoms with Crippen LogP contribution in [0.4, 0.5) is 0 Å². The van der Waals surface area contributed by atoms with E-state index in [9.17, 15) is 4.79 Å². The molecule has 2 aromatic rings. The van der Waals surface area contributed by atoms with Crippen LogP contribution in [0.5, 0.6) is 0 Å². The van der Waals surface area contributed by atoms with Crippen LogP contribution in [0.1, 0.15) is 42.7 Å². The molecule has 0 aliphatic heterocycles. The van der Waals surface area contributed by atoms with Gasteiger partial charge in [0.05, 0.1) is 0 Å². The Labute approximate surface area is 124 Å². The van der Waals surface area contributed by atoms with Gasteiger partial charge in [0.15, 0.2) is 4.77 Å². The van der Waals surface area contributed by atoms with E-state index < -0.39 is 0 Å². The van der Waals surface area contributed by atoms with Crippen molar-refractivity contribution in [2.45, 2.75) is 39.5 Å². The first-order valence-corrected chi connectivity index (χ1v) is 7.47. The molecule has 2 rings (SSSR count). The number of hydrogen-bond acceptors (Lipinski definition) is 2. The minimum Gasteiger partial charge on any atom is -0.336 e. The third kappa shape index (κ3) is 3.45. The van der Waals surface area contributed by atoms with Crippen molar-refractivity contribution < 1.29 is 0 Å². The lowest BCUT2D eigenvalue weighted by molar-refractivity contribution is 0.832. The molecule has 0 aliphatic carbocycles. The van der Waals surface area contributed by atoms with Crippen molar-refractivity contribution in [2.75, 3.05) is 0 Å². The molecular weight excluding hydrogens is 268 g/mol. The average Bonchev–Trinajstić information content (AvgIpc) is 2.43. The summed E-state index contributed by atoms with van der Waals surface area (Å²) in [7, 11) is 0. The van der Waals surface area contributed by atoms with E-state index in [-0.39, 0.29) is 5.56 Å². The van der Waals surface area contributed by atoms with Crippen LogP contribution in [0.25, 0.3) is 0 Å². The van der Waals surface area contributed by atoms with Gasteiger partial charge in [0.25, 0.3) is 5.56 Å². The zero-order valence-corrected chi connectivity index (χ0v) is 12.8. The van der Waals surface area contributed by atoms with E-state index >= 15 is 0 Å². The second-order valence-corrected chi connectivity index (χ2v) is 5.37. The number of rotatable bonds is 5. The highest BCUT2D eigenvalue weighted by Crippen LogP contribution is 2.12. The molecule has 20 heavy (non-hydrogen) atoms. The molecule has 0 unspecified atom stereocenters. The lowest BCUT2D eigenvalue weighted by Gasteiger charge is -2.08. The van der Waals surface area contributed by atoms with Crippen molar-refractivity contribution in [1.29, 1.82) is 0 Å². The molecule has 0 radical (unpaired) electrons. The van der Waals surface area contributed by atoms with Gasteiger partial charge in [0, 0.05) is 17.7 Å². The Morgan fingerprint density at radius 1 is 1.05 bits per heavy atom. The number of nitrogens with one attached hydrogen (secondary N) is 2. The maximum Gasteiger partial charge on any atom is 0.255 e. The highest BCUT2D eigenvalue weighted by Gasteiger charge is 2.09. The third-order valence-electron chi connectivity index (χ3n) is 3.44. The predicted octanol–water partition coefficient (Wildman–Crippen LogP) is 3.54. The molecular formula is C16H20N2OS. The molecule has 0 amide bonds. The smallest absolute Gasteiger partial charge is 0.255 e. The number of aromatic nitrogens is 2. The van der Waals surface area contributed by atoms with Crippen LogP contribution in [0.15, 0.2) is 29.1 Å². The minimum atomic E-state index is -0.0724. The standard InChI is InChI=1S/C16H20N2OS/c1-3-5-14-13(15(19)18-16(20)17-14)10-12-8-6-11(4-2)7-9-12/h6-9H,3-5,10H2,1-2H3,(H2,17,18,19,20). The Bertz CT molecular complexity index is 683. The third-order valence-corrected chi connectivity index (χ3v) is 3.65. The van der Waals surface area contributed by atoms with Crippen LogP contribution in [-0.4, -0.2) is 9.97 Å². The van der Waals surface area contributed by atoms with Crippen LogP contribution < -0.4 is 5.56 Å². The van der Waals surface area contributed by atoms with E-state index in [4.69, 9.17) is 12.2 Å². The SMILES string of the molecule is CCCc1[nH]c(=S)[nH]c(=O)c1Cc1ccc(CC)cc1. The largest absolute Gasteiger partial charge is 0.336 e. The summed E-state index contributed by atoms with van der Waals surface area (Å²) in [6.45, 7) is 4.23. The van der Waals surface area contributed by atoms with Crippen LogP contribution in [0.3, 0.4) is 0 Å². The molecule has 0 saturated carbocycles. The Morgan fingerprint density at radius 2 is 1.70 bits per heavy atom. The number of H-pyrrole nitrogens is 2. The molecule has 106 valence electrons. The van der Waals surface area contributed by atoms with Gasteiger partial charge in [-0.15, -0.1) is 0 Å². The van der Waals surface area contributed by atoms with Gasteiger partial charge in [0.1, 0.15) is 0 Å². The summed E-state index contributed by atoms with van der Waals surface area (Å²) in [5.74, 6) is 0. The van der Waals surface area contributed by atoms with E-state index in [1.165, 1.54) is 5.56 Å². The van der Waals surface area contributed by atoms with Gasteiger partial charge >= 0.3 is 0 Å². The van der Waals surface area contributed by atoms with Crippen molar-refractivity contribution in [2.24, 2.45) is 0 Å². The monoisotopic (exact) mass is 288 g/mol. The van der Waals surface area contributed by atoms with E-state index in [0.717, 1.165) is 36.1 Å². The molecule has 0 saturated heterocycles. The summed E-state index contributed by atoms with van der Waals surface area (Å²) in [5.41, 5.74) is 4.14. The lowest BCUT2D eigenvalue weighted by atomic mass is 10.0. The van der Waals surface area contributed by atoms with Gasteiger partial charge in [0.2, 0.25) is 0 Å². The summed E-state index contributed by atoms with van der Waals surface area (Å²) in [5, 5.41) is 0. The molecule has 2 N–H and O–H groups in total. The van der Waals surface area contributed by atoms with E-state index in [0.29, 0.717) is 11.2 Å². The second kappa shape index (κ2) is 6.66. The van der Waals surface area contributed by atoms with E-state index in [2.05, 4.69) is 48.1 Å². The molecule has 0 spiro atoms. The fourth-order valence-corrected chi connectivity index (χ4v) is 2.52. The van der Waals surface area contributed by atoms with Gasteiger partial charge < -0.3 is 4.98 Å². The minimum absolute atomic E-state index is 0.0724. The number of benzene rings is 1. The number of aryl methyl sites for hydroxylation is 2. The molecule has 0 atom stereocenters. The van der Waals surface area contributed by atoms with E-state index in [1.807, 2.05) is 0 Å². The second-order valence-electron chi connectivity index (χ2n) is 4.96. The first-order valence-electron chi connectivity index (χ1n) is 7.06. The van der Waals surface area contributed by atoms with E-state index in [1.54, 1.807) is 0 Å². The Kier molecular flexibility index (Phi) is 4.90. The van der Waals surface area contributed by atoms with Crippen LogP contribution in [0, 0.1) is 4.77 Å². The van der Waals surface area contributed by atoms with Crippen LogP contribution in [0.2, 0.25) is 0 Å². The van der Waals surface area contributed by atoms with Gasteiger partial charge in [-0.1, -0.05) is 44.5 Å². The molecule has 4 heteroatoms. The zero-order chi connectivity index (χ0) is 14.5. The van der Waals surface area contributed by atoms with Crippen molar-refractivity contribution in [3.63, 3.8) is 0 Å². The molecule has 0 fully saturated rings.